The summed E-state index contributed by atoms with van der Waals surface area (Å²) in [5.41, 5.74) is 3.44. The van der Waals surface area contributed by atoms with Crippen LogP contribution in [0.3, 0.4) is 0 Å². The van der Waals surface area contributed by atoms with E-state index >= 15 is 0 Å². The second-order valence-corrected chi connectivity index (χ2v) is 8.78. The summed E-state index contributed by atoms with van der Waals surface area (Å²) >= 11 is 0. The molecule has 0 radical (unpaired) electrons. The van der Waals surface area contributed by atoms with Crippen LogP contribution in [0.2, 0.25) is 0 Å². The molecule has 174 valence electrons. The quantitative estimate of drug-likeness (QED) is 0.420. The van der Waals surface area contributed by atoms with Crippen LogP contribution in [0.5, 0.6) is 0 Å². The smallest absolute Gasteiger partial charge is 0.319 e. The molecule has 0 spiro atoms. The molecule has 1 atom stereocenters. The number of anilines is 1. The molecule has 0 saturated carbocycles. The molecule has 0 bridgehead atoms. The lowest BCUT2D eigenvalue weighted by Gasteiger charge is -2.16. The van der Waals surface area contributed by atoms with Gasteiger partial charge >= 0.3 is 6.03 Å². The van der Waals surface area contributed by atoms with E-state index < -0.39 is 17.7 Å². The van der Waals surface area contributed by atoms with Gasteiger partial charge in [0.25, 0.3) is 0 Å². The molecule has 1 aliphatic rings. The van der Waals surface area contributed by atoms with Crippen molar-refractivity contribution in [1.29, 1.82) is 0 Å². The first-order valence-corrected chi connectivity index (χ1v) is 11.1. The third-order valence-electron chi connectivity index (χ3n) is 5.85. The van der Waals surface area contributed by atoms with Crippen LogP contribution in [-0.2, 0) is 6.54 Å². The highest BCUT2D eigenvalue weighted by molar-refractivity contribution is 5.90. The van der Waals surface area contributed by atoms with Gasteiger partial charge in [-0.25, -0.2) is 18.6 Å². The van der Waals surface area contributed by atoms with Crippen molar-refractivity contribution < 1.29 is 13.6 Å². The zero-order valence-electron chi connectivity index (χ0n) is 18.8. The Hall–Kier alpha value is -4.01. The van der Waals surface area contributed by atoms with Gasteiger partial charge in [-0.3, -0.25) is 4.68 Å². The lowest BCUT2D eigenvalue weighted by molar-refractivity contribution is 0.251. The predicted molar refractivity (Wildman–Crippen MR) is 125 cm³/mol. The zero-order chi connectivity index (χ0) is 23.8. The topological polar surface area (TPSA) is 76.8 Å². The number of fused-ring (bicyclic) bond motifs is 3. The fourth-order valence-corrected chi connectivity index (χ4v) is 4.34. The monoisotopic (exact) mass is 462 g/mol. The Bertz CT molecular complexity index is 1360. The molecule has 2 N–H and O–H groups in total. The molecule has 0 aliphatic carbocycles. The van der Waals surface area contributed by atoms with Gasteiger partial charge in [0.1, 0.15) is 11.6 Å². The fourth-order valence-electron chi connectivity index (χ4n) is 4.34. The van der Waals surface area contributed by atoms with Gasteiger partial charge in [0.05, 0.1) is 36.1 Å². The molecule has 1 aliphatic heterocycles. The molecule has 0 saturated heterocycles. The van der Waals surface area contributed by atoms with Crippen LogP contribution < -0.4 is 10.6 Å². The zero-order valence-corrected chi connectivity index (χ0v) is 18.8. The maximum atomic E-state index is 14.8. The molecule has 3 heterocycles. The average Bonchev–Trinajstić information content (AvgIpc) is 3.51. The van der Waals surface area contributed by atoms with Gasteiger partial charge < -0.3 is 15.2 Å². The molecule has 2 aromatic heterocycles. The Labute approximate surface area is 195 Å². The number of hydrogen-bond acceptors (Lipinski definition) is 3. The van der Waals surface area contributed by atoms with Gasteiger partial charge in [-0.2, -0.15) is 5.10 Å². The fraction of sp³-hybridized carbons (Fsp3) is 0.240. The number of carbonyl (C=O) groups excluding carboxylic acids is 1. The van der Waals surface area contributed by atoms with Crippen LogP contribution in [0.1, 0.15) is 25.5 Å². The number of benzene rings is 2. The molecule has 1 unspecified atom stereocenters. The lowest BCUT2D eigenvalue weighted by atomic mass is 10.0. The first-order valence-electron chi connectivity index (χ1n) is 11.1. The highest BCUT2D eigenvalue weighted by atomic mass is 19.1. The van der Waals surface area contributed by atoms with Gasteiger partial charge in [-0.15, -0.1) is 0 Å². The summed E-state index contributed by atoms with van der Waals surface area (Å²) < 4.78 is 33.2. The minimum Gasteiger partial charge on any atom is -0.335 e. The van der Waals surface area contributed by atoms with Crippen molar-refractivity contribution in [2.75, 3.05) is 11.9 Å². The normalized spacial score (nSPS) is 14.2. The summed E-state index contributed by atoms with van der Waals surface area (Å²) in [5.74, 6) is -1.00. The van der Waals surface area contributed by atoms with Crippen LogP contribution in [0.25, 0.3) is 22.4 Å². The second-order valence-electron chi connectivity index (χ2n) is 8.78. The number of nitrogens with one attached hydrogen (secondary N) is 2. The molecule has 2 amide bonds. The van der Waals surface area contributed by atoms with E-state index in [2.05, 4.69) is 20.7 Å². The molecule has 34 heavy (non-hydrogen) atoms. The highest BCUT2D eigenvalue weighted by Gasteiger charge is 2.28. The third-order valence-corrected chi connectivity index (χ3v) is 5.85. The number of urea groups is 1. The van der Waals surface area contributed by atoms with E-state index in [1.807, 2.05) is 42.7 Å². The standard InChI is InChI=1S/C25H24F2N6O/c1-15(2)12-32-13-16(9-30-32)19-7-21(27)22(8-20(19)26)31-25(34)29-11-24-18-6-4-3-5-17(18)23-10-28-14-33(23)24/h3-10,13-15,24H,11-12H2,1-2H3,(H2,29,31,34). The summed E-state index contributed by atoms with van der Waals surface area (Å²) in [6.45, 7) is 5.04. The number of nitrogens with zero attached hydrogens (tertiary/aromatic N) is 4. The Kier molecular flexibility index (Phi) is 5.61. The van der Waals surface area contributed by atoms with Gasteiger partial charge in [0.2, 0.25) is 0 Å². The Morgan fingerprint density at radius 1 is 1.12 bits per heavy atom. The second kappa shape index (κ2) is 8.74. The Morgan fingerprint density at radius 3 is 2.76 bits per heavy atom. The van der Waals surface area contributed by atoms with E-state index in [-0.39, 0.29) is 23.8 Å². The van der Waals surface area contributed by atoms with Gasteiger partial charge in [-0.1, -0.05) is 38.1 Å². The van der Waals surface area contributed by atoms with Crippen molar-refractivity contribution in [2.24, 2.45) is 5.92 Å². The van der Waals surface area contributed by atoms with Gasteiger partial charge in [-0.05, 0) is 17.5 Å². The molecule has 2 aromatic carbocycles. The van der Waals surface area contributed by atoms with E-state index in [9.17, 15) is 13.6 Å². The predicted octanol–water partition coefficient (Wildman–Crippen LogP) is 5.07. The van der Waals surface area contributed by atoms with E-state index in [0.717, 1.165) is 29.0 Å². The van der Waals surface area contributed by atoms with E-state index in [1.165, 1.54) is 6.20 Å². The SMILES string of the molecule is CC(C)Cn1cc(-c2cc(F)c(NC(=O)NCC3c4ccccc4-c4cncn43)cc2F)cn1. The van der Waals surface area contributed by atoms with Crippen LogP contribution >= 0.6 is 0 Å². The number of carbonyl (C=O) groups is 1. The van der Waals surface area contributed by atoms with E-state index in [0.29, 0.717) is 18.0 Å². The number of rotatable bonds is 6. The first-order chi connectivity index (χ1) is 16.4. The van der Waals surface area contributed by atoms with Crippen molar-refractivity contribution in [3.63, 3.8) is 0 Å². The summed E-state index contributed by atoms with van der Waals surface area (Å²) in [6, 6.07) is 9.22. The summed E-state index contributed by atoms with van der Waals surface area (Å²) in [4.78, 5) is 16.7. The van der Waals surface area contributed by atoms with E-state index in [1.54, 1.807) is 23.4 Å². The largest absolute Gasteiger partial charge is 0.335 e. The van der Waals surface area contributed by atoms with E-state index in [4.69, 9.17) is 0 Å². The molecule has 9 heteroatoms. The minimum atomic E-state index is -0.730. The Morgan fingerprint density at radius 2 is 1.94 bits per heavy atom. The molecular weight excluding hydrogens is 438 g/mol. The third kappa shape index (κ3) is 4.05. The van der Waals surface area contributed by atoms with Crippen molar-refractivity contribution in [1.82, 2.24) is 24.6 Å². The maximum Gasteiger partial charge on any atom is 0.319 e. The molecular formula is C25H24F2N6O. The van der Waals surface area contributed by atoms with Crippen molar-refractivity contribution in [3.8, 4) is 22.4 Å². The van der Waals surface area contributed by atoms with Crippen molar-refractivity contribution >= 4 is 11.7 Å². The number of imidazole rings is 1. The summed E-state index contributed by atoms with van der Waals surface area (Å²) in [5, 5.41) is 9.38. The molecule has 0 fully saturated rings. The summed E-state index contributed by atoms with van der Waals surface area (Å²) in [6.07, 6.45) is 6.69. The van der Waals surface area contributed by atoms with Crippen molar-refractivity contribution in [3.05, 3.63) is 78.5 Å². The lowest BCUT2D eigenvalue weighted by Crippen LogP contribution is -2.33. The van der Waals surface area contributed by atoms with Gasteiger partial charge in [0, 0.05) is 42.0 Å². The summed E-state index contributed by atoms with van der Waals surface area (Å²) in [7, 11) is 0. The number of aromatic nitrogens is 4. The maximum absolute atomic E-state index is 14.8. The number of halogens is 2. The minimum absolute atomic E-state index is 0.0914. The molecule has 4 aromatic rings. The molecule has 7 nitrogen and oxygen atoms in total. The van der Waals surface area contributed by atoms with Crippen LogP contribution in [0, 0.1) is 17.6 Å². The number of hydrogen-bond donors (Lipinski definition) is 2. The average molecular weight is 463 g/mol. The first kappa shape index (κ1) is 21.8. The van der Waals surface area contributed by atoms with Crippen LogP contribution in [0.15, 0.2) is 61.3 Å². The highest BCUT2D eigenvalue weighted by Crippen LogP contribution is 2.38. The van der Waals surface area contributed by atoms with Gasteiger partial charge in [0.15, 0.2) is 0 Å². The Balaban J connectivity index is 1.28. The number of amides is 2. The van der Waals surface area contributed by atoms with Crippen molar-refractivity contribution in [2.45, 2.75) is 26.4 Å². The molecule has 5 rings (SSSR count). The van der Waals surface area contributed by atoms with Crippen LogP contribution in [0.4, 0.5) is 19.3 Å². The van der Waals surface area contributed by atoms with Crippen LogP contribution in [-0.4, -0.2) is 31.9 Å².